The van der Waals surface area contributed by atoms with E-state index in [1.807, 2.05) is 32.0 Å². The molecule has 1 aromatic rings. The van der Waals surface area contributed by atoms with Gasteiger partial charge in [0.2, 0.25) is 0 Å². The van der Waals surface area contributed by atoms with E-state index in [1.165, 1.54) is 7.05 Å². The number of hydrogen-bond acceptors (Lipinski definition) is 2. The van der Waals surface area contributed by atoms with E-state index in [0.717, 1.165) is 5.56 Å². The van der Waals surface area contributed by atoms with Crippen LogP contribution in [0.4, 0.5) is 5.69 Å². The third-order valence-electron chi connectivity index (χ3n) is 2.26. The summed E-state index contributed by atoms with van der Waals surface area (Å²) in [5, 5.41) is 4.87. The van der Waals surface area contributed by atoms with E-state index in [-0.39, 0.29) is 0 Å². The molecule has 16 heavy (non-hydrogen) atoms. The standard InChI is InChI=1S/C12H16N2O2/c1-8(2)9-6-4-5-7-10(9)14-12(16)11(15)13-3/h4-8H,1-3H3,(H,13,15)(H,14,16). The van der Waals surface area contributed by atoms with E-state index >= 15 is 0 Å². The highest BCUT2D eigenvalue weighted by atomic mass is 16.2. The molecule has 2 amide bonds. The minimum Gasteiger partial charge on any atom is -0.351 e. The van der Waals surface area contributed by atoms with Gasteiger partial charge in [0.15, 0.2) is 0 Å². The largest absolute Gasteiger partial charge is 0.351 e. The van der Waals surface area contributed by atoms with Crippen molar-refractivity contribution in [3.05, 3.63) is 29.8 Å². The summed E-state index contributed by atoms with van der Waals surface area (Å²) in [6, 6.07) is 7.45. The normalized spacial score (nSPS) is 10.0. The lowest BCUT2D eigenvalue weighted by atomic mass is 10.0. The Balaban J connectivity index is 2.89. The maximum absolute atomic E-state index is 11.4. The first-order valence-corrected chi connectivity index (χ1v) is 5.18. The van der Waals surface area contributed by atoms with Crippen LogP contribution in [-0.2, 0) is 9.59 Å². The molecule has 0 saturated carbocycles. The van der Waals surface area contributed by atoms with Gasteiger partial charge in [-0.1, -0.05) is 32.0 Å². The summed E-state index contributed by atoms with van der Waals surface area (Å²) in [4.78, 5) is 22.5. The molecule has 0 spiro atoms. The average molecular weight is 220 g/mol. The Labute approximate surface area is 95.0 Å². The minimum absolute atomic E-state index is 0.293. The summed E-state index contributed by atoms with van der Waals surface area (Å²) in [6.45, 7) is 4.07. The first-order chi connectivity index (χ1) is 7.56. The molecule has 1 rings (SSSR count). The molecule has 4 heteroatoms. The summed E-state index contributed by atoms with van der Waals surface area (Å²) in [5.74, 6) is -0.990. The number of benzene rings is 1. The Morgan fingerprint density at radius 3 is 2.31 bits per heavy atom. The van der Waals surface area contributed by atoms with Crippen molar-refractivity contribution in [1.82, 2.24) is 5.32 Å². The highest BCUT2D eigenvalue weighted by Crippen LogP contribution is 2.23. The van der Waals surface area contributed by atoms with Gasteiger partial charge in [-0.15, -0.1) is 0 Å². The van der Waals surface area contributed by atoms with E-state index in [4.69, 9.17) is 0 Å². The van der Waals surface area contributed by atoms with Gasteiger partial charge in [-0.25, -0.2) is 0 Å². The van der Waals surface area contributed by atoms with Crippen molar-refractivity contribution in [2.75, 3.05) is 12.4 Å². The molecular weight excluding hydrogens is 204 g/mol. The second kappa shape index (κ2) is 5.30. The average Bonchev–Trinajstić information content (AvgIpc) is 2.28. The molecule has 0 aromatic heterocycles. The molecular formula is C12H16N2O2. The fraction of sp³-hybridized carbons (Fsp3) is 0.333. The highest BCUT2D eigenvalue weighted by Gasteiger charge is 2.14. The van der Waals surface area contributed by atoms with E-state index in [9.17, 15) is 9.59 Å². The molecule has 0 aliphatic rings. The first kappa shape index (κ1) is 12.2. The van der Waals surface area contributed by atoms with Crippen LogP contribution in [0.15, 0.2) is 24.3 Å². The van der Waals surface area contributed by atoms with Crippen molar-refractivity contribution >= 4 is 17.5 Å². The molecule has 0 aliphatic carbocycles. The Hall–Kier alpha value is -1.84. The van der Waals surface area contributed by atoms with Crippen molar-refractivity contribution in [3.8, 4) is 0 Å². The van der Waals surface area contributed by atoms with Gasteiger partial charge in [-0.2, -0.15) is 0 Å². The van der Waals surface area contributed by atoms with Crippen LogP contribution in [-0.4, -0.2) is 18.9 Å². The number of anilines is 1. The van der Waals surface area contributed by atoms with E-state index in [1.54, 1.807) is 6.07 Å². The van der Waals surface area contributed by atoms with Crippen molar-refractivity contribution in [2.45, 2.75) is 19.8 Å². The van der Waals surface area contributed by atoms with Gasteiger partial charge in [-0.3, -0.25) is 9.59 Å². The molecule has 4 nitrogen and oxygen atoms in total. The van der Waals surface area contributed by atoms with Crippen LogP contribution in [0.2, 0.25) is 0 Å². The number of para-hydroxylation sites is 1. The predicted octanol–water partition coefficient (Wildman–Crippen LogP) is 1.49. The molecule has 1 aromatic carbocycles. The number of amides is 2. The molecule has 0 unspecified atom stereocenters. The van der Waals surface area contributed by atoms with Crippen LogP contribution >= 0.6 is 0 Å². The molecule has 0 heterocycles. The summed E-state index contributed by atoms with van der Waals surface area (Å²) in [5.41, 5.74) is 1.70. The van der Waals surface area contributed by atoms with Gasteiger partial charge in [0.05, 0.1) is 0 Å². The Morgan fingerprint density at radius 2 is 1.75 bits per heavy atom. The van der Waals surface area contributed by atoms with Gasteiger partial charge >= 0.3 is 11.8 Å². The summed E-state index contributed by atoms with van der Waals surface area (Å²) in [6.07, 6.45) is 0. The summed E-state index contributed by atoms with van der Waals surface area (Å²) >= 11 is 0. The summed E-state index contributed by atoms with van der Waals surface area (Å²) in [7, 11) is 1.43. The molecule has 0 fully saturated rings. The van der Waals surface area contributed by atoms with Crippen molar-refractivity contribution in [2.24, 2.45) is 0 Å². The van der Waals surface area contributed by atoms with Gasteiger partial charge < -0.3 is 10.6 Å². The zero-order valence-electron chi connectivity index (χ0n) is 9.70. The summed E-state index contributed by atoms with van der Waals surface area (Å²) < 4.78 is 0. The number of rotatable bonds is 2. The number of nitrogens with one attached hydrogen (secondary N) is 2. The Bertz CT molecular complexity index is 400. The van der Waals surface area contributed by atoms with Crippen LogP contribution in [0.1, 0.15) is 25.3 Å². The zero-order chi connectivity index (χ0) is 12.1. The Morgan fingerprint density at radius 1 is 1.12 bits per heavy atom. The molecule has 0 aliphatic heterocycles. The van der Waals surface area contributed by atoms with Crippen molar-refractivity contribution in [3.63, 3.8) is 0 Å². The SMILES string of the molecule is CNC(=O)C(=O)Nc1ccccc1C(C)C. The first-order valence-electron chi connectivity index (χ1n) is 5.18. The fourth-order valence-electron chi connectivity index (χ4n) is 1.41. The molecule has 2 N–H and O–H groups in total. The molecule has 0 saturated heterocycles. The third kappa shape index (κ3) is 2.82. The fourth-order valence-corrected chi connectivity index (χ4v) is 1.41. The maximum Gasteiger partial charge on any atom is 0.313 e. The topological polar surface area (TPSA) is 58.2 Å². The van der Waals surface area contributed by atoms with Crippen molar-refractivity contribution in [1.29, 1.82) is 0 Å². The second-order valence-electron chi connectivity index (χ2n) is 3.78. The van der Waals surface area contributed by atoms with Crippen LogP contribution in [0.3, 0.4) is 0 Å². The van der Waals surface area contributed by atoms with E-state index in [0.29, 0.717) is 11.6 Å². The predicted molar refractivity (Wildman–Crippen MR) is 63.2 cm³/mol. The number of carbonyl (C=O) groups excluding carboxylic acids is 2. The smallest absolute Gasteiger partial charge is 0.313 e. The second-order valence-corrected chi connectivity index (χ2v) is 3.78. The minimum atomic E-state index is -0.643. The monoisotopic (exact) mass is 220 g/mol. The van der Waals surface area contributed by atoms with Crippen LogP contribution < -0.4 is 10.6 Å². The van der Waals surface area contributed by atoms with Crippen LogP contribution in [0.5, 0.6) is 0 Å². The van der Waals surface area contributed by atoms with E-state index < -0.39 is 11.8 Å². The lowest BCUT2D eigenvalue weighted by Crippen LogP contribution is -2.33. The van der Waals surface area contributed by atoms with Crippen LogP contribution in [0, 0.1) is 0 Å². The Kier molecular flexibility index (Phi) is 4.05. The molecule has 0 atom stereocenters. The van der Waals surface area contributed by atoms with Gasteiger partial charge in [-0.05, 0) is 17.5 Å². The quantitative estimate of drug-likeness (QED) is 0.742. The number of hydrogen-bond donors (Lipinski definition) is 2. The van der Waals surface area contributed by atoms with Gasteiger partial charge in [0.1, 0.15) is 0 Å². The number of carbonyl (C=O) groups is 2. The van der Waals surface area contributed by atoms with Gasteiger partial charge in [0.25, 0.3) is 0 Å². The molecule has 0 bridgehead atoms. The number of likely N-dealkylation sites (N-methyl/N-ethyl adjacent to an activating group) is 1. The van der Waals surface area contributed by atoms with Crippen molar-refractivity contribution < 1.29 is 9.59 Å². The highest BCUT2D eigenvalue weighted by molar-refractivity contribution is 6.39. The lowest BCUT2D eigenvalue weighted by Gasteiger charge is -2.12. The maximum atomic E-state index is 11.4. The van der Waals surface area contributed by atoms with E-state index in [2.05, 4.69) is 10.6 Å². The molecule has 0 radical (unpaired) electrons. The van der Waals surface area contributed by atoms with Crippen LogP contribution in [0.25, 0.3) is 0 Å². The third-order valence-corrected chi connectivity index (χ3v) is 2.26. The zero-order valence-corrected chi connectivity index (χ0v) is 9.70. The molecule has 86 valence electrons. The van der Waals surface area contributed by atoms with Gasteiger partial charge in [0, 0.05) is 12.7 Å². The lowest BCUT2D eigenvalue weighted by molar-refractivity contribution is -0.135.